The Hall–Kier alpha value is -2.02. The number of ketones is 1. The van der Waals surface area contributed by atoms with Crippen LogP contribution >= 0.6 is 22.9 Å². The first-order valence-electron chi connectivity index (χ1n) is 8.58. The summed E-state index contributed by atoms with van der Waals surface area (Å²) in [7, 11) is 0. The Morgan fingerprint density at radius 1 is 1.23 bits per heavy atom. The van der Waals surface area contributed by atoms with Gasteiger partial charge in [0.2, 0.25) is 11.7 Å². The second kappa shape index (κ2) is 7.70. The highest BCUT2D eigenvalue weighted by Gasteiger charge is 2.27. The lowest BCUT2D eigenvalue weighted by Gasteiger charge is -2.29. The Labute approximate surface area is 160 Å². The minimum atomic E-state index is 0.0619. The molecule has 4 rings (SSSR count). The van der Waals surface area contributed by atoms with Crippen LogP contribution in [0.4, 0.5) is 0 Å². The lowest BCUT2D eigenvalue weighted by Crippen LogP contribution is -2.37. The first kappa shape index (κ1) is 17.4. The monoisotopic (exact) mass is 387 g/mol. The molecule has 3 aromatic rings. The maximum Gasteiger partial charge on any atom is 0.230 e. The number of likely N-dealkylation sites (tertiary alicyclic amines) is 1. The number of hydrogen-bond donors (Lipinski definition) is 0. The zero-order valence-corrected chi connectivity index (χ0v) is 15.7. The number of carbonyl (C=O) groups is 1. The van der Waals surface area contributed by atoms with E-state index in [4.69, 9.17) is 16.1 Å². The Bertz CT molecular complexity index is 886. The molecule has 0 unspecified atom stereocenters. The predicted molar refractivity (Wildman–Crippen MR) is 102 cm³/mol. The van der Waals surface area contributed by atoms with Crippen molar-refractivity contribution < 1.29 is 9.32 Å². The van der Waals surface area contributed by atoms with Gasteiger partial charge in [0.25, 0.3) is 0 Å². The first-order chi connectivity index (χ1) is 12.7. The van der Waals surface area contributed by atoms with Crippen LogP contribution in [0.1, 0.15) is 35.0 Å². The fourth-order valence-corrected chi connectivity index (χ4v) is 4.11. The third-order valence-corrected chi connectivity index (χ3v) is 5.86. The summed E-state index contributed by atoms with van der Waals surface area (Å²) in [6.07, 6.45) is 1.81. The normalized spacial score (nSPS) is 16.0. The van der Waals surface area contributed by atoms with Crippen molar-refractivity contribution in [1.82, 2.24) is 15.0 Å². The maximum atomic E-state index is 12.5. The van der Waals surface area contributed by atoms with E-state index in [-0.39, 0.29) is 11.7 Å². The molecule has 1 saturated heterocycles. The Kier molecular flexibility index (Phi) is 5.15. The largest absolute Gasteiger partial charge is 0.339 e. The number of halogens is 1. The van der Waals surface area contributed by atoms with Crippen molar-refractivity contribution >= 4 is 28.7 Å². The van der Waals surface area contributed by atoms with E-state index in [2.05, 4.69) is 15.0 Å². The van der Waals surface area contributed by atoms with Gasteiger partial charge in [-0.2, -0.15) is 4.98 Å². The van der Waals surface area contributed by atoms with Crippen LogP contribution in [-0.4, -0.2) is 40.5 Å². The van der Waals surface area contributed by atoms with Gasteiger partial charge in [-0.3, -0.25) is 9.69 Å². The molecule has 1 aromatic carbocycles. The van der Waals surface area contributed by atoms with Gasteiger partial charge in [0.05, 0.1) is 16.4 Å². The van der Waals surface area contributed by atoms with Crippen molar-refractivity contribution in [1.29, 1.82) is 0 Å². The molecule has 0 bridgehead atoms. The molecule has 2 aromatic heterocycles. The Balaban J connectivity index is 1.34. The Morgan fingerprint density at radius 3 is 2.77 bits per heavy atom. The van der Waals surface area contributed by atoms with E-state index < -0.39 is 0 Å². The molecule has 0 saturated carbocycles. The highest BCUT2D eigenvalue weighted by Crippen LogP contribution is 2.30. The molecule has 1 aliphatic rings. The lowest BCUT2D eigenvalue weighted by atomic mass is 9.96. The molecule has 0 aliphatic carbocycles. The van der Waals surface area contributed by atoms with Crippen molar-refractivity contribution in [3.05, 3.63) is 58.3 Å². The average molecular weight is 388 g/mol. The first-order valence-corrected chi connectivity index (χ1v) is 9.84. The van der Waals surface area contributed by atoms with Crippen molar-refractivity contribution in [3.63, 3.8) is 0 Å². The highest BCUT2D eigenvalue weighted by atomic mass is 35.5. The summed E-state index contributed by atoms with van der Waals surface area (Å²) in [6.45, 7) is 2.05. The summed E-state index contributed by atoms with van der Waals surface area (Å²) >= 11 is 7.72. The number of hydrogen-bond acceptors (Lipinski definition) is 6. The molecular formula is C19H18ClN3O2S. The van der Waals surface area contributed by atoms with Gasteiger partial charge in [-0.1, -0.05) is 35.0 Å². The van der Waals surface area contributed by atoms with Crippen molar-refractivity contribution in [2.24, 2.45) is 0 Å². The molecule has 3 heterocycles. The molecule has 0 N–H and O–H groups in total. The summed E-state index contributed by atoms with van der Waals surface area (Å²) in [4.78, 5) is 20.2. The van der Waals surface area contributed by atoms with Crippen molar-refractivity contribution in [3.8, 4) is 10.7 Å². The van der Waals surface area contributed by atoms with E-state index in [0.29, 0.717) is 28.8 Å². The van der Waals surface area contributed by atoms with Gasteiger partial charge in [0.1, 0.15) is 0 Å². The van der Waals surface area contributed by atoms with Crippen molar-refractivity contribution in [2.75, 3.05) is 19.6 Å². The number of rotatable bonds is 5. The summed E-state index contributed by atoms with van der Waals surface area (Å²) in [5.74, 6) is 1.67. The van der Waals surface area contributed by atoms with Crippen LogP contribution in [0, 0.1) is 0 Å². The fourth-order valence-electron chi connectivity index (χ4n) is 3.22. The van der Waals surface area contributed by atoms with E-state index in [1.807, 2.05) is 29.6 Å². The van der Waals surface area contributed by atoms with Crippen LogP contribution in [0.5, 0.6) is 0 Å². The van der Waals surface area contributed by atoms with Gasteiger partial charge in [0, 0.05) is 11.5 Å². The second-order valence-corrected chi connectivity index (χ2v) is 7.74. The number of aromatic nitrogens is 2. The minimum Gasteiger partial charge on any atom is -0.339 e. The van der Waals surface area contributed by atoms with E-state index in [0.717, 1.165) is 30.8 Å². The lowest BCUT2D eigenvalue weighted by molar-refractivity contribution is 0.0905. The molecule has 1 aliphatic heterocycles. The topological polar surface area (TPSA) is 59.2 Å². The molecule has 0 spiro atoms. The van der Waals surface area contributed by atoms with E-state index >= 15 is 0 Å². The van der Waals surface area contributed by atoms with Crippen LogP contribution in [0.25, 0.3) is 10.7 Å². The average Bonchev–Trinajstić information content (AvgIpc) is 3.34. The van der Waals surface area contributed by atoms with Gasteiger partial charge in [-0.05, 0) is 49.5 Å². The molecule has 0 amide bonds. The quantitative estimate of drug-likeness (QED) is 0.602. The SMILES string of the molecule is O=C(CN1CCC(c2nc(-c3cccs3)no2)CC1)c1ccccc1Cl. The zero-order valence-electron chi connectivity index (χ0n) is 14.1. The second-order valence-electron chi connectivity index (χ2n) is 6.39. The molecule has 0 atom stereocenters. The van der Waals surface area contributed by atoms with Crippen LogP contribution in [0.3, 0.4) is 0 Å². The van der Waals surface area contributed by atoms with E-state index in [1.54, 1.807) is 23.5 Å². The summed E-state index contributed by atoms with van der Waals surface area (Å²) < 4.78 is 5.47. The van der Waals surface area contributed by atoms with E-state index in [1.165, 1.54) is 0 Å². The van der Waals surface area contributed by atoms with Gasteiger partial charge >= 0.3 is 0 Å². The van der Waals surface area contributed by atoms with Gasteiger partial charge in [-0.15, -0.1) is 11.3 Å². The van der Waals surface area contributed by atoms with Gasteiger partial charge in [0.15, 0.2) is 5.78 Å². The molecule has 134 valence electrons. The van der Waals surface area contributed by atoms with Gasteiger partial charge < -0.3 is 4.52 Å². The number of thiophene rings is 1. The molecule has 5 nitrogen and oxygen atoms in total. The molecule has 0 radical (unpaired) electrons. The zero-order chi connectivity index (χ0) is 17.9. The molecule has 7 heteroatoms. The molecule has 26 heavy (non-hydrogen) atoms. The summed E-state index contributed by atoms with van der Waals surface area (Å²) in [5.41, 5.74) is 0.591. The number of Topliss-reactive ketones (excluding diaryl/α,β-unsaturated/α-hetero) is 1. The predicted octanol–water partition coefficient (Wildman–Crippen LogP) is 4.51. The van der Waals surface area contributed by atoms with Crippen LogP contribution in [0.2, 0.25) is 5.02 Å². The van der Waals surface area contributed by atoms with Crippen LogP contribution in [-0.2, 0) is 0 Å². The Morgan fingerprint density at radius 2 is 2.04 bits per heavy atom. The third kappa shape index (κ3) is 3.72. The fraction of sp³-hybridized carbons (Fsp3) is 0.316. The number of nitrogens with zero attached hydrogens (tertiary/aromatic N) is 3. The van der Waals surface area contributed by atoms with Crippen LogP contribution < -0.4 is 0 Å². The maximum absolute atomic E-state index is 12.5. The molecular weight excluding hydrogens is 370 g/mol. The summed E-state index contributed by atoms with van der Waals surface area (Å²) in [6, 6.07) is 11.2. The van der Waals surface area contributed by atoms with Gasteiger partial charge in [-0.25, -0.2) is 0 Å². The standard InChI is InChI=1S/C19H18ClN3O2S/c20-15-5-2-1-4-14(15)16(24)12-23-9-7-13(8-10-23)19-21-18(22-25-19)17-6-3-11-26-17/h1-6,11,13H,7-10,12H2. The number of piperidine rings is 1. The number of carbonyl (C=O) groups excluding carboxylic acids is 1. The number of benzene rings is 1. The third-order valence-electron chi connectivity index (χ3n) is 4.66. The smallest absolute Gasteiger partial charge is 0.230 e. The minimum absolute atomic E-state index is 0.0619. The van der Waals surface area contributed by atoms with E-state index in [9.17, 15) is 4.79 Å². The van der Waals surface area contributed by atoms with Crippen molar-refractivity contribution in [2.45, 2.75) is 18.8 Å². The molecule has 1 fully saturated rings. The van der Waals surface area contributed by atoms with Crippen LogP contribution in [0.15, 0.2) is 46.3 Å². The highest BCUT2D eigenvalue weighted by molar-refractivity contribution is 7.13. The summed E-state index contributed by atoms with van der Waals surface area (Å²) in [5, 5.41) is 6.61.